The van der Waals surface area contributed by atoms with Crippen molar-refractivity contribution >= 4 is 17.6 Å². The van der Waals surface area contributed by atoms with Crippen LogP contribution in [-0.2, 0) is 22.4 Å². The summed E-state index contributed by atoms with van der Waals surface area (Å²) in [5.41, 5.74) is 9.76. The van der Waals surface area contributed by atoms with Gasteiger partial charge in [0.25, 0.3) is 0 Å². The van der Waals surface area contributed by atoms with Gasteiger partial charge in [-0.15, -0.1) is 0 Å². The second kappa shape index (κ2) is 8.70. The minimum Gasteiger partial charge on any atom is -0.469 e. The number of carbonyl (C=O) groups excluding carboxylic acids is 1. The first-order valence-corrected chi connectivity index (χ1v) is 8.12. The van der Waals surface area contributed by atoms with Crippen LogP contribution in [0, 0.1) is 0 Å². The zero-order chi connectivity index (χ0) is 16.7. The number of aryl methyl sites for hydroxylation is 1. The van der Waals surface area contributed by atoms with Gasteiger partial charge in [-0.05, 0) is 48.1 Å². The second-order valence-corrected chi connectivity index (χ2v) is 6.04. The van der Waals surface area contributed by atoms with Crippen molar-refractivity contribution < 1.29 is 9.53 Å². The highest BCUT2D eigenvalue weighted by Crippen LogP contribution is 2.19. The molecule has 0 spiro atoms. The molecule has 0 fully saturated rings. The third-order valence-corrected chi connectivity index (χ3v) is 4.10. The molecule has 2 aromatic rings. The fourth-order valence-corrected chi connectivity index (χ4v) is 2.59. The smallest absolute Gasteiger partial charge is 0.305 e. The molecule has 2 aromatic carbocycles. The van der Waals surface area contributed by atoms with Gasteiger partial charge in [-0.3, -0.25) is 4.79 Å². The average molecular weight is 332 g/mol. The Labute approximate surface area is 142 Å². The van der Waals surface area contributed by atoms with E-state index in [2.05, 4.69) is 29.0 Å². The van der Waals surface area contributed by atoms with Crippen molar-refractivity contribution in [1.29, 1.82) is 0 Å². The molecule has 0 amide bonds. The number of hydrogen-bond donors (Lipinski definition) is 1. The summed E-state index contributed by atoms with van der Waals surface area (Å²) in [7, 11) is 1.42. The van der Waals surface area contributed by atoms with Gasteiger partial charge in [-0.1, -0.05) is 48.0 Å². The van der Waals surface area contributed by atoms with E-state index in [9.17, 15) is 4.79 Å². The molecule has 0 heterocycles. The Bertz CT molecular complexity index is 623. The SMILES string of the molecule is COC(=O)CCCc1ccc(C(N)Cc2ccc(Cl)cc2)cc1. The Morgan fingerprint density at radius 1 is 1.09 bits per heavy atom. The number of halogens is 1. The van der Waals surface area contributed by atoms with E-state index in [1.807, 2.05) is 24.3 Å². The molecule has 23 heavy (non-hydrogen) atoms. The van der Waals surface area contributed by atoms with Gasteiger partial charge in [0.1, 0.15) is 0 Å². The van der Waals surface area contributed by atoms with Gasteiger partial charge >= 0.3 is 5.97 Å². The minimum atomic E-state index is -0.161. The van der Waals surface area contributed by atoms with Crippen LogP contribution in [0.4, 0.5) is 0 Å². The van der Waals surface area contributed by atoms with Crippen molar-refractivity contribution in [2.75, 3.05) is 7.11 Å². The van der Waals surface area contributed by atoms with Gasteiger partial charge in [0.15, 0.2) is 0 Å². The maximum Gasteiger partial charge on any atom is 0.305 e. The quantitative estimate of drug-likeness (QED) is 0.778. The molecule has 0 bridgehead atoms. The first kappa shape index (κ1) is 17.5. The molecule has 0 aromatic heterocycles. The van der Waals surface area contributed by atoms with E-state index in [4.69, 9.17) is 17.3 Å². The average Bonchev–Trinajstić information content (AvgIpc) is 2.57. The van der Waals surface area contributed by atoms with Gasteiger partial charge in [0.2, 0.25) is 0 Å². The molecule has 2 rings (SSSR count). The fourth-order valence-electron chi connectivity index (χ4n) is 2.46. The standard InChI is InChI=1S/C19H22ClNO2/c1-23-19(22)4-2-3-14-5-9-16(10-6-14)18(21)13-15-7-11-17(20)12-8-15/h5-12,18H,2-4,13,21H2,1H3. The highest BCUT2D eigenvalue weighted by atomic mass is 35.5. The maximum atomic E-state index is 11.1. The number of carbonyl (C=O) groups is 1. The number of nitrogens with two attached hydrogens (primary N) is 1. The molecular weight excluding hydrogens is 310 g/mol. The van der Waals surface area contributed by atoms with E-state index < -0.39 is 0 Å². The lowest BCUT2D eigenvalue weighted by Gasteiger charge is -2.13. The second-order valence-electron chi connectivity index (χ2n) is 5.61. The van der Waals surface area contributed by atoms with Gasteiger partial charge in [0, 0.05) is 17.5 Å². The number of esters is 1. The summed E-state index contributed by atoms with van der Waals surface area (Å²) in [6.07, 6.45) is 2.89. The minimum absolute atomic E-state index is 0.0414. The first-order chi connectivity index (χ1) is 11.1. The normalized spacial score (nSPS) is 12.0. The van der Waals surface area contributed by atoms with Crippen molar-refractivity contribution in [3.8, 4) is 0 Å². The van der Waals surface area contributed by atoms with Crippen molar-refractivity contribution in [1.82, 2.24) is 0 Å². The summed E-state index contributed by atoms with van der Waals surface area (Å²) in [4.78, 5) is 11.1. The lowest BCUT2D eigenvalue weighted by Crippen LogP contribution is -2.13. The molecule has 3 nitrogen and oxygen atoms in total. The zero-order valence-electron chi connectivity index (χ0n) is 13.3. The van der Waals surface area contributed by atoms with Crippen molar-refractivity contribution in [3.63, 3.8) is 0 Å². The number of methoxy groups -OCH3 is 1. The fraction of sp³-hybridized carbons (Fsp3) is 0.316. The van der Waals surface area contributed by atoms with Gasteiger partial charge in [-0.2, -0.15) is 0 Å². The summed E-state index contributed by atoms with van der Waals surface area (Å²) >= 11 is 5.89. The Hall–Kier alpha value is -1.84. The Balaban J connectivity index is 1.88. The number of ether oxygens (including phenoxy) is 1. The Morgan fingerprint density at radius 3 is 2.30 bits per heavy atom. The highest BCUT2D eigenvalue weighted by Gasteiger charge is 2.08. The molecule has 2 N–H and O–H groups in total. The van der Waals surface area contributed by atoms with Crippen molar-refractivity contribution in [3.05, 3.63) is 70.2 Å². The van der Waals surface area contributed by atoms with Crippen LogP contribution in [0.3, 0.4) is 0 Å². The Kier molecular flexibility index (Phi) is 6.63. The number of rotatable bonds is 7. The molecule has 0 aliphatic rings. The van der Waals surface area contributed by atoms with E-state index in [-0.39, 0.29) is 12.0 Å². The number of benzene rings is 2. The van der Waals surface area contributed by atoms with E-state index in [0.717, 1.165) is 29.8 Å². The van der Waals surface area contributed by atoms with Gasteiger partial charge in [0.05, 0.1) is 7.11 Å². The molecule has 1 unspecified atom stereocenters. The van der Waals surface area contributed by atoms with Gasteiger partial charge in [-0.25, -0.2) is 0 Å². The highest BCUT2D eigenvalue weighted by molar-refractivity contribution is 6.30. The summed E-state index contributed by atoms with van der Waals surface area (Å²) < 4.78 is 4.64. The van der Waals surface area contributed by atoms with Crippen LogP contribution in [0.15, 0.2) is 48.5 Å². The lowest BCUT2D eigenvalue weighted by molar-refractivity contribution is -0.140. The lowest BCUT2D eigenvalue weighted by atomic mass is 9.98. The molecule has 0 aliphatic carbocycles. The number of hydrogen-bond acceptors (Lipinski definition) is 3. The van der Waals surface area contributed by atoms with E-state index in [1.165, 1.54) is 18.2 Å². The third-order valence-electron chi connectivity index (χ3n) is 3.85. The largest absolute Gasteiger partial charge is 0.469 e. The van der Waals surface area contributed by atoms with E-state index >= 15 is 0 Å². The van der Waals surface area contributed by atoms with Crippen LogP contribution in [0.25, 0.3) is 0 Å². The summed E-state index contributed by atoms with van der Waals surface area (Å²) in [6.45, 7) is 0. The van der Waals surface area contributed by atoms with Crippen LogP contribution in [-0.4, -0.2) is 13.1 Å². The molecule has 4 heteroatoms. The van der Waals surface area contributed by atoms with Crippen LogP contribution in [0.2, 0.25) is 5.02 Å². The van der Waals surface area contributed by atoms with Crippen LogP contribution < -0.4 is 5.73 Å². The molecule has 0 saturated carbocycles. The van der Waals surface area contributed by atoms with Crippen LogP contribution in [0.5, 0.6) is 0 Å². The maximum absolute atomic E-state index is 11.1. The molecule has 0 saturated heterocycles. The molecule has 0 aliphatic heterocycles. The van der Waals surface area contributed by atoms with Crippen LogP contribution in [0.1, 0.15) is 35.6 Å². The predicted molar refractivity (Wildman–Crippen MR) is 93.5 cm³/mol. The third kappa shape index (κ3) is 5.70. The summed E-state index contributed by atoms with van der Waals surface area (Å²) in [6, 6.07) is 16.0. The zero-order valence-corrected chi connectivity index (χ0v) is 14.1. The molecule has 0 radical (unpaired) electrons. The van der Waals surface area contributed by atoms with Crippen LogP contribution >= 0.6 is 11.6 Å². The van der Waals surface area contributed by atoms with E-state index in [0.29, 0.717) is 6.42 Å². The van der Waals surface area contributed by atoms with Crippen molar-refractivity contribution in [2.45, 2.75) is 31.7 Å². The first-order valence-electron chi connectivity index (χ1n) is 7.74. The topological polar surface area (TPSA) is 52.3 Å². The summed E-state index contributed by atoms with van der Waals surface area (Å²) in [5, 5.41) is 0.735. The van der Waals surface area contributed by atoms with Crippen molar-refractivity contribution in [2.24, 2.45) is 5.73 Å². The molecule has 1 atom stereocenters. The van der Waals surface area contributed by atoms with E-state index in [1.54, 1.807) is 0 Å². The molecular formula is C19H22ClNO2. The van der Waals surface area contributed by atoms with Gasteiger partial charge < -0.3 is 10.5 Å². The molecule has 122 valence electrons. The monoisotopic (exact) mass is 331 g/mol. The summed E-state index contributed by atoms with van der Waals surface area (Å²) in [5.74, 6) is -0.161. The predicted octanol–water partition coefficient (Wildman–Crippen LogP) is 4.08. The Morgan fingerprint density at radius 2 is 1.70 bits per heavy atom.